The van der Waals surface area contributed by atoms with Crippen LogP contribution in [-0.2, 0) is 32.3 Å². The third-order valence-corrected chi connectivity index (χ3v) is 8.85. The molecule has 1 aliphatic carbocycles. The predicted molar refractivity (Wildman–Crippen MR) is 187 cm³/mol. The third-order valence-electron chi connectivity index (χ3n) is 8.85. The summed E-state index contributed by atoms with van der Waals surface area (Å²) in [7, 11) is 0. The first-order chi connectivity index (χ1) is 24.2. The van der Waals surface area contributed by atoms with E-state index in [9.17, 15) is 29.4 Å². The van der Waals surface area contributed by atoms with Gasteiger partial charge in [-0.15, -0.1) is 0 Å². The molecule has 1 aliphatic rings. The molecule has 0 atom stereocenters. The second-order valence-electron chi connectivity index (χ2n) is 12.4. The van der Waals surface area contributed by atoms with E-state index in [1.54, 1.807) is 24.3 Å². The van der Waals surface area contributed by atoms with Crippen LogP contribution in [0.1, 0.15) is 37.8 Å². The van der Waals surface area contributed by atoms with Crippen molar-refractivity contribution < 1.29 is 38.9 Å². The first-order valence-corrected chi connectivity index (χ1v) is 16.9. The molecule has 1 fully saturated rings. The topological polar surface area (TPSA) is 134 Å². The number of hydrogen-bond acceptors (Lipinski definition) is 6. The van der Waals surface area contributed by atoms with Crippen LogP contribution in [0, 0.1) is 23.7 Å². The summed E-state index contributed by atoms with van der Waals surface area (Å²) in [5.74, 6) is -7.04. The van der Waals surface area contributed by atoms with Crippen molar-refractivity contribution >= 4 is 23.8 Å². The Kier molecular flexibility index (Phi) is 11.9. The van der Waals surface area contributed by atoms with Gasteiger partial charge in [0.25, 0.3) is 0 Å². The zero-order valence-corrected chi connectivity index (χ0v) is 28.2. The van der Waals surface area contributed by atoms with Crippen molar-refractivity contribution in [3.05, 3.63) is 120 Å². The molecule has 2 N–H and O–H groups in total. The summed E-state index contributed by atoms with van der Waals surface area (Å²) in [6.45, 7) is 4.66. The van der Waals surface area contributed by atoms with Crippen molar-refractivity contribution in [2.24, 2.45) is 23.7 Å². The number of carboxylic acids is 2. The summed E-state index contributed by atoms with van der Waals surface area (Å²) in [6.07, 6.45) is 1.15. The Labute approximate surface area is 291 Å². The van der Waals surface area contributed by atoms with Gasteiger partial charge >= 0.3 is 11.9 Å². The number of ether oxygens (including phenoxy) is 2. The zero-order valence-electron chi connectivity index (χ0n) is 28.2. The van der Waals surface area contributed by atoms with Gasteiger partial charge in [0, 0.05) is 26.2 Å². The molecule has 4 aromatic rings. The van der Waals surface area contributed by atoms with Gasteiger partial charge in [0.05, 0.1) is 23.7 Å². The van der Waals surface area contributed by atoms with E-state index in [0.29, 0.717) is 48.9 Å². The number of carbonyl (C=O) groups is 4. The average Bonchev–Trinajstić information content (AvgIpc) is 3.09. The van der Waals surface area contributed by atoms with E-state index in [1.807, 2.05) is 98.8 Å². The monoisotopic (exact) mass is 678 g/mol. The zero-order chi connectivity index (χ0) is 35.6. The van der Waals surface area contributed by atoms with Crippen LogP contribution >= 0.6 is 0 Å². The number of amides is 2. The van der Waals surface area contributed by atoms with Crippen molar-refractivity contribution in [2.45, 2.75) is 39.8 Å². The lowest BCUT2D eigenvalue weighted by atomic mass is 9.55. The quantitative estimate of drug-likeness (QED) is 0.128. The normalized spacial score (nSPS) is 18.0. The van der Waals surface area contributed by atoms with Crippen LogP contribution in [0.25, 0.3) is 0 Å². The second kappa shape index (κ2) is 16.6. The maximum Gasteiger partial charge on any atom is 0.308 e. The van der Waals surface area contributed by atoms with E-state index in [-0.39, 0.29) is 13.1 Å². The summed E-state index contributed by atoms with van der Waals surface area (Å²) >= 11 is 0. The third kappa shape index (κ3) is 8.49. The lowest BCUT2D eigenvalue weighted by molar-refractivity contribution is -0.187. The summed E-state index contributed by atoms with van der Waals surface area (Å²) < 4.78 is 11.7. The highest BCUT2D eigenvalue weighted by Crippen LogP contribution is 2.49. The fourth-order valence-corrected chi connectivity index (χ4v) is 6.49. The van der Waals surface area contributed by atoms with E-state index in [1.165, 1.54) is 9.80 Å². The molecule has 1 saturated carbocycles. The molecule has 0 saturated heterocycles. The second-order valence-corrected chi connectivity index (χ2v) is 12.4. The molecule has 0 aliphatic heterocycles. The minimum absolute atomic E-state index is 0.151. The molecule has 0 aromatic heterocycles. The minimum atomic E-state index is -1.47. The van der Waals surface area contributed by atoms with Gasteiger partial charge < -0.3 is 29.5 Å². The van der Waals surface area contributed by atoms with Gasteiger partial charge in [0.2, 0.25) is 11.8 Å². The van der Waals surface area contributed by atoms with Crippen LogP contribution in [0.5, 0.6) is 23.0 Å². The Morgan fingerprint density at radius 1 is 0.500 bits per heavy atom. The van der Waals surface area contributed by atoms with Gasteiger partial charge in [0.1, 0.15) is 23.0 Å². The van der Waals surface area contributed by atoms with Gasteiger partial charge in [0.15, 0.2) is 0 Å². The standard InChI is InChI=1S/C40H42N2O8/c1-3-23-41(25-27-15-19-31(20-16-27)49-29-11-7-5-8-12-29)37(43)33-35(39(45)46)34(36(33)40(47)48)38(44)42(24-4-2)26-28-17-21-32(22-18-28)50-30-13-9-6-10-14-30/h5-22,33-36H,3-4,23-26H2,1-2H3,(H,45,46)(H,47,48). The molecule has 260 valence electrons. The fourth-order valence-electron chi connectivity index (χ4n) is 6.49. The number of aliphatic carboxylic acids is 2. The van der Waals surface area contributed by atoms with Gasteiger partial charge in [-0.25, -0.2) is 0 Å². The molecule has 10 heteroatoms. The van der Waals surface area contributed by atoms with Crippen LogP contribution in [0.15, 0.2) is 109 Å². The van der Waals surface area contributed by atoms with Crippen molar-refractivity contribution in [3.8, 4) is 23.0 Å². The molecule has 0 bridgehead atoms. The number of rotatable bonds is 16. The number of carbonyl (C=O) groups excluding carboxylic acids is 2. The molecule has 0 unspecified atom stereocenters. The Bertz CT molecular complexity index is 1610. The van der Waals surface area contributed by atoms with Crippen molar-refractivity contribution in [1.29, 1.82) is 0 Å². The smallest absolute Gasteiger partial charge is 0.308 e. The van der Waals surface area contributed by atoms with Gasteiger partial charge in [-0.2, -0.15) is 0 Å². The van der Waals surface area contributed by atoms with E-state index in [0.717, 1.165) is 11.1 Å². The van der Waals surface area contributed by atoms with E-state index in [2.05, 4.69) is 0 Å². The number of benzene rings is 4. The van der Waals surface area contributed by atoms with Crippen molar-refractivity contribution in [1.82, 2.24) is 9.80 Å². The van der Waals surface area contributed by atoms with E-state index in [4.69, 9.17) is 9.47 Å². The summed E-state index contributed by atoms with van der Waals surface area (Å²) in [5.41, 5.74) is 1.54. The van der Waals surface area contributed by atoms with E-state index >= 15 is 0 Å². The van der Waals surface area contributed by atoms with Crippen LogP contribution in [0.2, 0.25) is 0 Å². The summed E-state index contributed by atoms with van der Waals surface area (Å²) in [6, 6.07) is 33.0. The van der Waals surface area contributed by atoms with Crippen LogP contribution < -0.4 is 9.47 Å². The first kappa shape index (κ1) is 35.7. The SMILES string of the molecule is CCCN(Cc1ccc(Oc2ccccc2)cc1)C(=O)C1C(C(=O)O)C(C(=O)N(CCC)Cc2ccc(Oc3ccccc3)cc2)C1C(=O)O. The molecule has 10 nitrogen and oxygen atoms in total. The molecule has 0 heterocycles. The summed E-state index contributed by atoms with van der Waals surface area (Å²) in [5, 5.41) is 20.6. The molecule has 2 amide bonds. The molecule has 0 radical (unpaired) electrons. The van der Waals surface area contributed by atoms with Crippen LogP contribution in [-0.4, -0.2) is 56.9 Å². The molecule has 0 spiro atoms. The largest absolute Gasteiger partial charge is 0.481 e. The molecule has 50 heavy (non-hydrogen) atoms. The highest BCUT2D eigenvalue weighted by Gasteiger charge is 2.64. The molecule has 4 aromatic carbocycles. The van der Waals surface area contributed by atoms with E-state index < -0.39 is 47.4 Å². The number of para-hydroxylation sites is 2. The Morgan fingerprint density at radius 3 is 1.12 bits per heavy atom. The lowest BCUT2D eigenvalue weighted by Gasteiger charge is -2.48. The fraction of sp³-hybridized carbons (Fsp3) is 0.300. The molecule has 5 rings (SSSR count). The Morgan fingerprint density at radius 2 is 0.820 bits per heavy atom. The lowest BCUT2D eigenvalue weighted by Crippen LogP contribution is -2.64. The van der Waals surface area contributed by atoms with Gasteiger partial charge in [-0.1, -0.05) is 74.5 Å². The predicted octanol–water partition coefficient (Wildman–Crippen LogP) is 7.10. The average molecular weight is 679 g/mol. The summed E-state index contributed by atoms with van der Waals surface area (Å²) in [4.78, 5) is 56.4. The Hall–Kier alpha value is -5.64. The number of nitrogens with zero attached hydrogens (tertiary/aromatic N) is 2. The van der Waals surface area contributed by atoms with Gasteiger partial charge in [-0.05, 0) is 72.5 Å². The minimum Gasteiger partial charge on any atom is -0.481 e. The van der Waals surface area contributed by atoms with Crippen LogP contribution in [0.3, 0.4) is 0 Å². The number of hydrogen-bond donors (Lipinski definition) is 2. The highest BCUT2D eigenvalue weighted by atomic mass is 16.5. The highest BCUT2D eigenvalue weighted by molar-refractivity contribution is 5.99. The molecular formula is C40H42N2O8. The van der Waals surface area contributed by atoms with Crippen molar-refractivity contribution in [3.63, 3.8) is 0 Å². The Balaban J connectivity index is 1.31. The van der Waals surface area contributed by atoms with Crippen molar-refractivity contribution in [2.75, 3.05) is 13.1 Å². The van der Waals surface area contributed by atoms with Gasteiger partial charge in [-0.3, -0.25) is 19.2 Å². The maximum atomic E-state index is 14.0. The first-order valence-electron chi connectivity index (χ1n) is 16.9. The number of carboxylic acid groups (broad SMARTS) is 2. The maximum absolute atomic E-state index is 14.0. The molecular weight excluding hydrogens is 636 g/mol. The van der Waals surface area contributed by atoms with Crippen LogP contribution in [0.4, 0.5) is 0 Å².